The van der Waals surface area contributed by atoms with Crippen LogP contribution < -0.4 is 0 Å². The minimum Gasteiger partial charge on any atom is -0.481 e. The van der Waals surface area contributed by atoms with Crippen molar-refractivity contribution in [1.82, 2.24) is 0 Å². The quantitative estimate of drug-likeness (QED) is 0.387. The Labute approximate surface area is 117 Å². The summed E-state index contributed by atoms with van der Waals surface area (Å²) in [7, 11) is 0. The van der Waals surface area contributed by atoms with Crippen LogP contribution in [0, 0.1) is 0 Å². The first-order valence-electron chi connectivity index (χ1n) is 7.73. The minimum atomic E-state index is -0.851. The van der Waals surface area contributed by atoms with E-state index in [4.69, 9.17) is 5.11 Å². The van der Waals surface area contributed by atoms with Crippen molar-refractivity contribution in [1.29, 1.82) is 0 Å². The Morgan fingerprint density at radius 1 is 1.05 bits per heavy atom. The van der Waals surface area contributed by atoms with Gasteiger partial charge in [0.15, 0.2) is 0 Å². The van der Waals surface area contributed by atoms with Crippen LogP contribution in [0.5, 0.6) is 0 Å². The maximum atomic E-state index is 10.3. The summed E-state index contributed by atoms with van der Waals surface area (Å²) in [5.41, 5.74) is 0. The number of unbranched alkanes of at least 4 members (excludes halogenated alkanes) is 8. The van der Waals surface area contributed by atoms with Gasteiger partial charge < -0.3 is 10.2 Å². The third kappa shape index (κ3) is 15.1. The van der Waals surface area contributed by atoms with Gasteiger partial charge in [0.05, 0.1) is 6.10 Å². The molecule has 0 fully saturated rings. The molecule has 0 saturated heterocycles. The lowest BCUT2D eigenvalue weighted by Crippen LogP contribution is -2.05. The Balaban J connectivity index is 3.26. The molecule has 1 atom stereocenters. The highest BCUT2D eigenvalue weighted by molar-refractivity contribution is 5.66. The van der Waals surface area contributed by atoms with E-state index in [9.17, 15) is 9.90 Å². The van der Waals surface area contributed by atoms with Crippen molar-refractivity contribution < 1.29 is 15.0 Å². The van der Waals surface area contributed by atoms with Crippen molar-refractivity contribution in [2.24, 2.45) is 0 Å². The number of aliphatic hydroxyl groups is 1. The van der Waals surface area contributed by atoms with Crippen molar-refractivity contribution in [2.75, 3.05) is 0 Å². The predicted molar refractivity (Wildman–Crippen MR) is 79.2 cm³/mol. The van der Waals surface area contributed by atoms with Gasteiger partial charge in [-0.25, -0.2) is 0 Å². The van der Waals surface area contributed by atoms with Crippen LogP contribution in [0.2, 0.25) is 0 Å². The molecule has 0 rings (SSSR count). The second-order valence-electron chi connectivity index (χ2n) is 5.19. The van der Waals surface area contributed by atoms with Crippen LogP contribution in [0.1, 0.15) is 77.6 Å². The molecule has 0 aromatic heterocycles. The molecule has 2 N–H and O–H groups in total. The number of carboxylic acids is 1. The summed E-state index contributed by atoms with van der Waals surface area (Å²) in [4.78, 5) is 10.3. The number of aliphatic hydroxyl groups excluding tert-OH is 1. The first kappa shape index (κ1) is 18.2. The highest BCUT2D eigenvalue weighted by atomic mass is 16.4. The molecule has 0 aliphatic carbocycles. The van der Waals surface area contributed by atoms with Crippen molar-refractivity contribution >= 4 is 5.97 Å². The summed E-state index contributed by atoms with van der Waals surface area (Å²) in [5.74, 6) is -0.851. The number of hydrogen-bond acceptors (Lipinski definition) is 2. The van der Waals surface area contributed by atoms with Crippen molar-refractivity contribution in [3.63, 3.8) is 0 Å². The zero-order valence-corrected chi connectivity index (χ0v) is 12.3. The Bertz CT molecular complexity index is 236. The molecule has 19 heavy (non-hydrogen) atoms. The lowest BCUT2D eigenvalue weighted by atomic mass is 10.1. The average molecular weight is 270 g/mol. The van der Waals surface area contributed by atoms with Gasteiger partial charge in [-0.05, 0) is 19.3 Å². The van der Waals surface area contributed by atoms with Crippen LogP contribution >= 0.6 is 0 Å². The molecule has 0 aliphatic heterocycles. The minimum absolute atomic E-state index is 0.0310. The van der Waals surface area contributed by atoms with Gasteiger partial charge in [-0.2, -0.15) is 0 Å². The Morgan fingerprint density at radius 3 is 2.21 bits per heavy atom. The SMILES string of the molecule is CCCCCCCCCC/C=C/C(O)CCC(=O)O. The molecule has 0 amide bonds. The molecule has 0 aromatic rings. The second-order valence-corrected chi connectivity index (χ2v) is 5.19. The average Bonchev–Trinajstić information content (AvgIpc) is 2.38. The van der Waals surface area contributed by atoms with Crippen LogP contribution in [-0.4, -0.2) is 22.3 Å². The van der Waals surface area contributed by atoms with Gasteiger partial charge in [0, 0.05) is 6.42 Å². The first-order valence-corrected chi connectivity index (χ1v) is 7.73. The van der Waals surface area contributed by atoms with Gasteiger partial charge in [0.2, 0.25) is 0 Å². The molecule has 0 aromatic carbocycles. The molecule has 0 bridgehead atoms. The summed E-state index contributed by atoms with van der Waals surface area (Å²) < 4.78 is 0. The Kier molecular flexibility index (Phi) is 13.0. The smallest absolute Gasteiger partial charge is 0.303 e. The zero-order valence-electron chi connectivity index (χ0n) is 12.3. The molecule has 112 valence electrons. The van der Waals surface area contributed by atoms with Crippen LogP contribution in [0.4, 0.5) is 0 Å². The van der Waals surface area contributed by atoms with Crippen molar-refractivity contribution in [3.05, 3.63) is 12.2 Å². The van der Waals surface area contributed by atoms with E-state index in [2.05, 4.69) is 6.92 Å². The van der Waals surface area contributed by atoms with Crippen molar-refractivity contribution in [3.8, 4) is 0 Å². The van der Waals surface area contributed by atoms with E-state index in [1.165, 1.54) is 44.9 Å². The summed E-state index contributed by atoms with van der Waals surface area (Å²) in [6.07, 6.45) is 14.9. The number of allylic oxidation sites excluding steroid dienone is 1. The van der Waals surface area contributed by atoms with Crippen LogP contribution in [-0.2, 0) is 4.79 Å². The standard InChI is InChI=1S/C16H30O3/c1-2-3-4-5-6-7-8-9-10-11-12-15(17)13-14-16(18)19/h11-12,15,17H,2-10,13-14H2,1H3,(H,18,19)/b12-11+. The molecule has 0 spiro atoms. The third-order valence-corrected chi connectivity index (χ3v) is 3.24. The number of carboxylic acid groups (broad SMARTS) is 1. The molecule has 3 heteroatoms. The van der Waals surface area contributed by atoms with E-state index in [0.717, 1.165) is 12.8 Å². The van der Waals surface area contributed by atoms with Crippen LogP contribution in [0.3, 0.4) is 0 Å². The highest BCUT2D eigenvalue weighted by Gasteiger charge is 2.02. The largest absolute Gasteiger partial charge is 0.481 e. The van der Waals surface area contributed by atoms with Gasteiger partial charge >= 0.3 is 5.97 Å². The van der Waals surface area contributed by atoms with E-state index >= 15 is 0 Å². The third-order valence-electron chi connectivity index (χ3n) is 3.24. The monoisotopic (exact) mass is 270 g/mol. The zero-order chi connectivity index (χ0) is 14.3. The molecule has 0 heterocycles. The van der Waals surface area contributed by atoms with E-state index in [0.29, 0.717) is 6.42 Å². The van der Waals surface area contributed by atoms with Gasteiger partial charge in [0.25, 0.3) is 0 Å². The summed E-state index contributed by atoms with van der Waals surface area (Å²) in [6.45, 7) is 2.23. The fourth-order valence-corrected chi connectivity index (χ4v) is 2.02. The molecule has 0 aliphatic rings. The van der Waals surface area contributed by atoms with E-state index < -0.39 is 12.1 Å². The van der Waals surface area contributed by atoms with Crippen LogP contribution in [0.25, 0.3) is 0 Å². The van der Waals surface area contributed by atoms with Crippen LogP contribution in [0.15, 0.2) is 12.2 Å². The number of hydrogen-bond donors (Lipinski definition) is 2. The predicted octanol–water partition coefficient (Wildman–Crippen LogP) is 4.30. The molecule has 1 unspecified atom stereocenters. The molecule has 3 nitrogen and oxygen atoms in total. The summed E-state index contributed by atoms with van der Waals surface area (Å²) >= 11 is 0. The topological polar surface area (TPSA) is 57.5 Å². The normalized spacial score (nSPS) is 12.9. The van der Waals surface area contributed by atoms with E-state index in [-0.39, 0.29) is 6.42 Å². The van der Waals surface area contributed by atoms with Crippen molar-refractivity contribution in [2.45, 2.75) is 83.7 Å². The van der Waals surface area contributed by atoms with Gasteiger partial charge in [0.1, 0.15) is 0 Å². The van der Waals surface area contributed by atoms with Gasteiger partial charge in [-0.1, -0.05) is 64.0 Å². The second kappa shape index (κ2) is 13.6. The summed E-state index contributed by atoms with van der Waals surface area (Å²) in [6, 6.07) is 0. The van der Waals surface area contributed by atoms with Gasteiger partial charge in [-0.3, -0.25) is 4.79 Å². The maximum Gasteiger partial charge on any atom is 0.303 e. The summed E-state index contributed by atoms with van der Waals surface area (Å²) in [5, 5.41) is 17.9. The molecule has 0 radical (unpaired) electrons. The lowest BCUT2D eigenvalue weighted by molar-refractivity contribution is -0.137. The van der Waals surface area contributed by atoms with E-state index in [1.807, 2.05) is 6.08 Å². The Morgan fingerprint density at radius 2 is 1.63 bits per heavy atom. The highest BCUT2D eigenvalue weighted by Crippen LogP contribution is 2.10. The van der Waals surface area contributed by atoms with E-state index in [1.54, 1.807) is 6.08 Å². The van der Waals surface area contributed by atoms with Gasteiger partial charge in [-0.15, -0.1) is 0 Å². The first-order chi connectivity index (χ1) is 9.16. The molecular weight excluding hydrogens is 240 g/mol. The maximum absolute atomic E-state index is 10.3. The molecule has 0 saturated carbocycles. The fourth-order valence-electron chi connectivity index (χ4n) is 2.02. The number of rotatable bonds is 13. The number of carbonyl (C=O) groups is 1. The molecular formula is C16H30O3. The fraction of sp³-hybridized carbons (Fsp3) is 0.812. The Hall–Kier alpha value is -0.830. The number of aliphatic carboxylic acids is 1. The lowest BCUT2D eigenvalue weighted by Gasteiger charge is -2.02.